The number of nitrogens with zero attached hydrogens (tertiary/aromatic N) is 1. The molecule has 1 unspecified atom stereocenters. The van der Waals surface area contributed by atoms with E-state index in [1.54, 1.807) is 7.11 Å². The second-order valence-electron chi connectivity index (χ2n) is 10.4. The smallest absolute Gasteiger partial charge is 0.261 e. The monoisotopic (exact) mass is 451 g/mol. The summed E-state index contributed by atoms with van der Waals surface area (Å²) in [6.45, 7) is 9.49. The quantitative estimate of drug-likeness (QED) is 0.624. The number of ether oxygens (including phenoxy) is 1. The second kappa shape index (κ2) is 9.12. The molecular weight excluding hydrogens is 414 g/mol. The second-order valence-corrected chi connectivity index (χ2v) is 14.7. The Morgan fingerprint density at radius 2 is 1.53 bits per heavy atom. The van der Waals surface area contributed by atoms with E-state index in [0.29, 0.717) is 6.61 Å². The van der Waals surface area contributed by atoms with Crippen LogP contribution in [0.25, 0.3) is 0 Å². The molecule has 4 nitrogen and oxygen atoms in total. The normalized spacial score (nSPS) is 26.3. The van der Waals surface area contributed by atoms with Gasteiger partial charge < -0.3 is 14.1 Å². The van der Waals surface area contributed by atoms with Gasteiger partial charge in [0.2, 0.25) is 5.91 Å². The van der Waals surface area contributed by atoms with E-state index in [-0.39, 0.29) is 35.1 Å². The van der Waals surface area contributed by atoms with Crippen LogP contribution in [0.15, 0.2) is 60.7 Å². The van der Waals surface area contributed by atoms with Crippen molar-refractivity contribution >= 4 is 24.6 Å². The topological polar surface area (TPSA) is 38.8 Å². The first-order chi connectivity index (χ1) is 15.3. The Labute approximate surface area is 194 Å². The highest BCUT2D eigenvalue weighted by Crippen LogP contribution is 2.40. The zero-order chi connectivity index (χ0) is 22.9. The lowest BCUT2D eigenvalue weighted by Gasteiger charge is -2.45. The van der Waals surface area contributed by atoms with Crippen LogP contribution in [0, 0.1) is 5.92 Å². The van der Waals surface area contributed by atoms with Crippen LogP contribution in [0.2, 0.25) is 5.04 Å². The average molecular weight is 452 g/mol. The highest BCUT2D eigenvalue weighted by molar-refractivity contribution is 6.99. The van der Waals surface area contributed by atoms with Crippen LogP contribution in [0.4, 0.5) is 0 Å². The highest BCUT2D eigenvalue weighted by atomic mass is 28.4. The molecule has 5 heteroatoms. The molecule has 2 aliphatic heterocycles. The van der Waals surface area contributed by atoms with Gasteiger partial charge in [0.05, 0.1) is 24.8 Å². The Morgan fingerprint density at radius 3 is 2.03 bits per heavy atom. The molecule has 0 bridgehead atoms. The van der Waals surface area contributed by atoms with Crippen molar-refractivity contribution in [2.75, 3.05) is 13.7 Å². The van der Waals surface area contributed by atoms with Gasteiger partial charge in [0.25, 0.3) is 8.32 Å². The van der Waals surface area contributed by atoms with Gasteiger partial charge >= 0.3 is 0 Å². The number of carbonyl (C=O) groups is 1. The number of carbonyl (C=O) groups excluding carboxylic acids is 1. The summed E-state index contributed by atoms with van der Waals surface area (Å²) in [6, 6.07) is 21.7. The third-order valence-electron chi connectivity index (χ3n) is 7.45. The van der Waals surface area contributed by atoms with Gasteiger partial charge in [-0.25, -0.2) is 0 Å². The minimum atomic E-state index is -2.61. The number of hydrogen-bond acceptors (Lipinski definition) is 3. The molecule has 0 N–H and O–H groups in total. The minimum absolute atomic E-state index is 0.00432. The summed E-state index contributed by atoms with van der Waals surface area (Å²) in [5.74, 6) is 0.265. The van der Waals surface area contributed by atoms with Crippen LogP contribution in [-0.4, -0.2) is 51.0 Å². The van der Waals surface area contributed by atoms with Gasteiger partial charge in [-0.1, -0.05) is 88.4 Å². The number of hydrogen-bond donors (Lipinski definition) is 0. The maximum absolute atomic E-state index is 13.2. The van der Waals surface area contributed by atoms with Gasteiger partial charge in [-0.3, -0.25) is 4.79 Å². The van der Waals surface area contributed by atoms with E-state index in [2.05, 4.69) is 86.3 Å². The van der Waals surface area contributed by atoms with Crippen molar-refractivity contribution < 1.29 is 14.0 Å². The average Bonchev–Trinajstić information content (AvgIpc) is 3.21. The molecule has 2 aromatic carbocycles. The highest BCUT2D eigenvalue weighted by Gasteiger charge is 2.52. The number of rotatable bonds is 6. The summed E-state index contributed by atoms with van der Waals surface area (Å²) in [5, 5.41) is 2.49. The molecule has 2 saturated heterocycles. The summed E-state index contributed by atoms with van der Waals surface area (Å²) in [4.78, 5) is 15.3. The predicted molar refractivity (Wildman–Crippen MR) is 132 cm³/mol. The predicted octanol–water partition coefficient (Wildman–Crippen LogP) is 3.98. The molecule has 0 spiro atoms. The van der Waals surface area contributed by atoms with Crippen LogP contribution in [-0.2, 0) is 14.0 Å². The third-order valence-corrected chi connectivity index (χ3v) is 12.5. The first kappa shape index (κ1) is 23.2. The molecule has 2 aliphatic rings. The molecule has 0 aromatic heterocycles. The Kier molecular flexibility index (Phi) is 6.62. The molecule has 2 aromatic rings. The van der Waals surface area contributed by atoms with Crippen LogP contribution >= 0.6 is 0 Å². The van der Waals surface area contributed by atoms with Crippen molar-refractivity contribution in [2.24, 2.45) is 5.92 Å². The first-order valence-electron chi connectivity index (χ1n) is 11.9. The zero-order valence-corrected chi connectivity index (χ0v) is 21.1. The van der Waals surface area contributed by atoms with E-state index in [1.807, 2.05) is 6.92 Å². The van der Waals surface area contributed by atoms with Crippen molar-refractivity contribution in [2.45, 2.75) is 70.2 Å². The molecule has 0 saturated carbocycles. The maximum Gasteiger partial charge on any atom is 0.261 e. The fourth-order valence-corrected chi connectivity index (χ4v) is 10.5. The Morgan fingerprint density at radius 1 is 0.969 bits per heavy atom. The number of piperidine rings is 1. The molecule has 1 amide bonds. The van der Waals surface area contributed by atoms with Crippen molar-refractivity contribution in [3.63, 3.8) is 0 Å². The van der Waals surface area contributed by atoms with Crippen molar-refractivity contribution in [3.05, 3.63) is 60.7 Å². The molecule has 172 valence electrons. The molecule has 0 radical (unpaired) electrons. The molecule has 0 aliphatic carbocycles. The standard InChI is InChI=1S/C27H37NO3Si/c1-20-18-25(30-5)24-17-16-21(28(24)26(20)29)19-31-32(27(2,3)4,22-12-8-6-9-13-22)23-14-10-7-11-15-23/h6-15,20-21,24-25H,16-19H2,1-5H3/t20?,21-,24-,25-/m0/s1. The Balaban J connectivity index is 1.69. The maximum atomic E-state index is 13.2. The fourth-order valence-electron chi connectivity index (χ4n) is 5.88. The van der Waals surface area contributed by atoms with Crippen LogP contribution in [0.3, 0.4) is 0 Å². The summed E-state index contributed by atoms with van der Waals surface area (Å²) in [6.07, 6.45) is 2.91. The largest absolute Gasteiger partial charge is 0.405 e. The van der Waals surface area contributed by atoms with E-state index < -0.39 is 8.32 Å². The summed E-state index contributed by atoms with van der Waals surface area (Å²) in [5.41, 5.74) is 0. The van der Waals surface area contributed by atoms with Gasteiger partial charge in [-0.05, 0) is 34.7 Å². The third kappa shape index (κ3) is 3.95. The van der Waals surface area contributed by atoms with Crippen molar-refractivity contribution in [1.82, 2.24) is 4.90 Å². The van der Waals surface area contributed by atoms with Gasteiger partial charge in [0.15, 0.2) is 0 Å². The Hall–Kier alpha value is -1.95. The first-order valence-corrected chi connectivity index (χ1v) is 13.8. The van der Waals surface area contributed by atoms with E-state index in [0.717, 1.165) is 19.3 Å². The summed E-state index contributed by atoms with van der Waals surface area (Å²) in [7, 11) is -0.832. The van der Waals surface area contributed by atoms with Gasteiger partial charge in [-0.15, -0.1) is 0 Å². The number of methoxy groups -OCH3 is 1. The van der Waals surface area contributed by atoms with Gasteiger partial charge in [0.1, 0.15) is 0 Å². The van der Waals surface area contributed by atoms with E-state index >= 15 is 0 Å². The SMILES string of the molecule is CO[C@H]1CC(C)C(=O)N2[C@H](CO[Si](c3ccccc3)(c3ccccc3)C(C)(C)C)CC[C@@H]12. The number of amides is 1. The van der Waals surface area contributed by atoms with Crippen LogP contribution in [0.5, 0.6) is 0 Å². The molecule has 4 atom stereocenters. The van der Waals surface area contributed by atoms with Gasteiger partial charge in [-0.2, -0.15) is 0 Å². The van der Waals surface area contributed by atoms with Crippen molar-refractivity contribution in [1.29, 1.82) is 0 Å². The molecular formula is C27H37NO3Si. The number of fused-ring (bicyclic) bond motifs is 1. The van der Waals surface area contributed by atoms with E-state index in [1.165, 1.54) is 10.4 Å². The molecule has 2 fully saturated rings. The molecule has 2 heterocycles. The summed E-state index contributed by atoms with van der Waals surface area (Å²) < 4.78 is 12.9. The van der Waals surface area contributed by atoms with Crippen LogP contribution in [0.1, 0.15) is 47.0 Å². The zero-order valence-electron chi connectivity index (χ0n) is 20.1. The lowest BCUT2D eigenvalue weighted by molar-refractivity contribution is -0.149. The molecule has 4 rings (SSSR count). The molecule has 32 heavy (non-hydrogen) atoms. The van der Waals surface area contributed by atoms with Gasteiger partial charge in [0, 0.05) is 13.0 Å². The fraction of sp³-hybridized carbons (Fsp3) is 0.519. The summed E-state index contributed by atoms with van der Waals surface area (Å²) >= 11 is 0. The van der Waals surface area contributed by atoms with E-state index in [9.17, 15) is 4.79 Å². The Bertz CT molecular complexity index is 872. The minimum Gasteiger partial charge on any atom is -0.405 e. The van der Waals surface area contributed by atoms with E-state index in [4.69, 9.17) is 9.16 Å². The lowest BCUT2D eigenvalue weighted by atomic mass is 9.91. The van der Waals surface area contributed by atoms with Crippen LogP contribution < -0.4 is 10.4 Å². The lowest BCUT2D eigenvalue weighted by Crippen LogP contribution is -2.67. The van der Waals surface area contributed by atoms with Crippen molar-refractivity contribution in [3.8, 4) is 0 Å². The number of benzene rings is 2.